The molecule has 10 heteroatoms. The Kier molecular flexibility index (Phi) is 12.1. The van der Waals surface area contributed by atoms with Gasteiger partial charge in [-0.15, -0.1) is 0 Å². The lowest BCUT2D eigenvalue weighted by Gasteiger charge is -2.35. The van der Waals surface area contributed by atoms with Gasteiger partial charge < -0.3 is 10.2 Å². The van der Waals surface area contributed by atoms with Crippen molar-refractivity contribution < 1.29 is 18.0 Å². The van der Waals surface area contributed by atoms with Crippen molar-refractivity contribution in [1.82, 2.24) is 10.2 Å². The molecule has 0 aliphatic heterocycles. The SMILES string of the molecule is Cc1ccc(S(=O)(=O)N(CC(=O)N(Cc2ccc(Cl)c(Cl)c2)[C@@H](Cc2ccccc2)C(=O)NC2CCCCC2)c2ccc(C)c(C)c2)cc1. The summed E-state index contributed by atoms with van der Waals surface area (Å²) in [4.78, 5) is 30.6. The van der Waals surface area contributed by atoms with Gasteiger partial charge in [0.1, 0.15) is 12.6 Å². The van der Waals surface area contributed by atoms with E-state index in [1.807, 2.05) is 57.2 Å². The summed E-state index contributed by atoms with van der Waals surface area (Å²) in [6.45, 7) is 5.21. The molecule has 1 aliphatic rings. The Morgan fingerprint density at radius 3 is 2.14 bits per heavy atom. The smallest absolute Gasteiger partial charge is 0.264 e. The predicted molar refractivity (Wildman–Crippen MR) is 198 cm³/mol. The van der Waals surface area contributed by atoms with Gasteiger partial charge in [-0.25, -0.2) is 8.42 Å². The fourth-order valence-electron chi connectivity index (χ4n) is 6.18. The van der Waals surface area contributed by atoms with E-state index in [9.17, 15) is 18.0 Å². The van der Waals surface area contributed by atoms with Crippen LogP contribution in [0.25, 0.3) is 0 Å². The van der Waals surface area contributed by atoms with Gasteiger partial charge >= 0.3 is 0 Å². The van der Waals surface area contributed by atoms with Gasteiger partial charge in [0.25, 0.3) is 10.0 Å². The molecule has 4 aromatic rings. The molecule has 49 heavy (non-hydrogen) atoms. The maximum atomic E-state index is 14.8. The van der Waals surface area contributed by atoms with E-state index in [2.05, 4.69) is 5.32 Å². The molecule has 0 saturated heterocycles. The Morgan fingerprint density at radius 1 is 0.796 bits per heavy atom. The average molecular weight is 721 g/mol. The molecule has 1 saturated carbocycles. The lowest BCUT2D eigenvalue weighted by atomic mass is 9.94. The Morgan fingerprint density at radius 2 is 1.49 bits per heavy atom. The molecule has 0 spiro atoms. The van der Waals surface area contributed by atoms with Crippen LogP contribution in [0.4, 0.5) is 5.69 Å². The first-order valence-corrected chi connectivity index (χ1v) is 18.9. The standard InChI is InChI=1S/C39H43Cl2N3O4S/c1-27-14-19-34(20-15-27)49(47,48)44(33-18-16-28(2)29(3)22-33)26-38(45)43(25-31-17-21-35(40)36(41)23-31)37(24-30-10-6-4-7-11-30)39(46)42-32-12-8-5-9-13-32/h4,6-7,10-11,14-23,32,37H,5,8-9,12-13,24-26H2,1-3H3,(H,42,46)/t37-/m0/s1. The Balaban J connectivity index is 1.59. The van der Waals surface area contributed by atoms with E-state index in [4.69, 9.17) is 23.2 Å². The van der Waals surface area contributed by atoms with Gasteiger partial charge in [0.2, 0.25) is 11.8 Å². The van der Waals surface area contributed by atoms with E-state index in [1.165, 1.54) is 4.90 Å². The van der Waals surface area contributed by atoms with Crippen molar-refractivity contribution in [3.63, 3.8) is 0 Å². The number of rotatable bonds is 12. The van der Waals surface area contributed by atoms with Crippen molar-refractivity contribution in [2.75, 3.05) is 10.8 Å². The zero-order chi connectivity index (χ0) is 35.1. The third-order valence-electron chi connectivity index (χ3n) is 9.23. The number of sulfonamides is 1. The Hall–Kier alpha value is -3.85. The first-order valence-electron chi connectivity index (χ1n) is 16.7. The van der Waals surface area contributed by atoms with E-state index in [-0.39, 0.29) is 29.8 Å². The molecule has 2 amide bonds. The van der Waals surface area contributed by atoms with Gasteiger partial charge in [0.15, 0.2) is 0 Å². The lowest BCUT2D eigenvalue weighted by Crippen LogP contribution is -2.55. The molecule has 0 heterocycles. The van der Waals surface area contributed by atoms with Gasteiger partial charge in [-0.2, -0.15) is 0 Å². The normalized spacial score (nSPS) is 14.2. The van der Waals surface area contributed by atoms with Gasteiger partial charge in [-0.05, 0) is 92.3 Å². The van der Waals surface area contributed by atoms with Crippen LogP contribution < -0.4 is 9.62 Å². The van der Waals surface area contributed by atoms with Crippen LogP contribution in [0.1, 0.15) is 59.9 Å². The number of halogens is 2. The van der Waals surface area contributed by atoms with E-state index in [0.717, 1.165) is 58.7 Å². The van der Waals surface area contributed by atoms with Gasteiger partial charge in [0, 0.05) is 19.0 Å². The molecule has 5 rings (SSSR count). The van der Waals surface area contributed by atoms with Crippen molar-refractivity contribution in [3.05, 3.63) is 129 Å². The van der Waals surface area contributed by atoms with Crippen molar-refractivity contribution in [2.45, 2.75) is 82.8 Å². The number of nitrogens with one attached hydrogen (secondary N) is 1. The van der Waals surface area contributed by atoms with Crippen molar-refractivity contribution >= 4 is 50.7 Å². The van der Waals surface area contributed by atoms with E-state index in [1.54, 1.807) is 54.6 Å². The maximum Gasteiger partial charge on any atom is 0.264 e. The molecule has 0 aromatic heterocycles. The second-order valence-electron chi connectivity index (χ2n) is 12.9. The van der Waals surface area contributed by atoms with E-state index < -0.39 is 28.5 Å². The van der Waals surface area contributed by atoms with Crippen molar-refractivity contribution in [1.29, 1.82) is 0 Å². The number of hydrogen-bond acceptors (Lipinski definition) is 4. The third-order valence-corrected chi connectivity index (χ3v) is 11.8. The molecule has 1 fully saturated rings. The first-order chi connectivity index (χ1) is 23.4. The quantitative estimate of drug-likeness (QED) is 0.160. The minimum Gasteiger partial charge on any atom is -0.352 e. The van der Waals surface area contributed by atoms with Gasteiger partial charge in [-0.1, -0.05) is 103 Å². The fraction of sp³-hybridized carbons (Fsp3) is 0.333. The summed E-state index contributed by atoms with van der Waals surface area (Å²) in [6.07, 6.45) is 5.18. The molecule has 1 N–H and O–H groups in total. The highest BCUT2D eigenvalue weighted by molar-refractivity contribution is 7.92. The molecule has 7 nitrogen and oxygen atoms in total. The van der Waals surface area contributed by atoms with Crippen molar-refractivity contribution in [3.8, 4) is 0 Å². The van der Waals surface area contributed by atoms with Crippen LogP contribution in [0.15, 0.2) is 95.9 Å². The number of hydrogen-bond donors (Lipinski definition) is 1. The highest BCUT2D eigenvalue weighted by Gasteiger charge is 2.35. The van der Waals surface area contributed by atoms with Crippen LogP contribution in [0.3, 0.4) is 0 Å². The van der Waals surface area contributed by atoms with E-state index in [0.29, 0.717) is 21.3 Å². The zero-order valence-corrected chi connectivity index (χ0v) is 30.5. The van der Waals surface area contributed by atoms with Crippen LogP contribution in [-0.4, -0.2) is 43.8 Å². The molecular weight excluding hydrogens is 677 g/mol. The third kappa shape index (κ3) is 9.24. The largest absolute Gasteiger partial charge is 0.352 e. The number of nitrogens with zero attached hydrogens (tertiary/aromatic N) is 2. The molecule has 0 radical (unpaired) electrons. The minimum absolute atomic E-state index is 0.00963. The fourth-order valence-corrected chi connectivity index (χ4v) is 7.91. The summed E-state index contributed by atoms with van der Waals surface area (Å²) in [5, 5.41) is 3.91. The number of amides is 2. The summed E-state index contributed by atoms with van der Waals surface area (Å²) in [5.41, 5.74) is 4.68. The van der Waals surface area contributed by atoms with Crippen LogP contribution in [0, 0.1) is 20.8 Å². The topological polar surface area (TPSA) is 86.8 Å². The van der Waals surface area contributed by atoms with Gasteiger partial charge in [0.05, 0.1) is 20.6 Å². The van der Waals surface area contributed by atoms with Crippen LogP contribution >= 0.6 is 23.2 Å². The van der Waals surface area contributed by atoms with E-state index >= 15 is 0 Å². The highest BCUT2D eigenvalue weighted by atomic mass is 35.5. The number of benzene rings is 4. The molecule has 0 bridgehead atoms. The second-order valence-corrected chi connectivity index (χ2v) is 15.6. The van der Waals surface area contributed by atoms with Crippen LogP contribution in [0.2, 0.25) is 10.0 Å². The number of aryl methyl sites for hydroxylation is 3. The van der Waals surface area contributed by atoms with Crippen LogP contribution in [0.5, 0.6) is 0 Å². The maximum absolute atomic E-state index is 14.8. The minimum atomic E-state index is -4.20. The summed E-state index contributed by atoms with van der Waals surface area (Å²) in [6, 6.07) is 25.6. The number of carbonyl (C=O) groups excluding carboxylic acids is 2. The molecule has 1 aliphatic carbocycles. The van der Waals surface area contributed by atoms with Gasteiger partial charge in [-0.3, -0.25) is 13.9 Å². The predicted octanol–water partition coefficient (Wildman–Crippen LogP) is 8.20. The first kappa shape index (κ1) is 36.4. The molecular formula is C39H43Cl2N3O4S. The Bertz CT molecular complexity index is 1880. The summed E-state index contributed by atoms with van der Waals surface area (Å²) in [5.74, 6) is -0.803. The zero-order valence-electron chi connectivity index (χ0n) is 28.2. The van der Waals surface area contributed by atoms with Crippen LogP contribution in [-0.2, 0) is 32.6 Å². The summed E-state index contributed by atoms with van der Waals surface area (Å²) < 4.78 is 29.8. The highest BCUT2D eigenvalue weighted by Crippen LogP contribution is 2.29. The molecule has 0 unspecified atom stereocenters. The molecule has 1 atom stereocenters. The monoisotopic (exact) mass is 719 g/mol. The number of anilines is 1. The van der Waals surface area contributed by atoms with Crippen molar-refractivity contribution in [2.24, 2.45) is 0 Å². The second kappa shape index (κ2) is 16.2. The summed E-state index contributed by atoms with van der Waals surface area (Å²) >= 11 is 12.6. The average Bonchev–Trinajstić information content (AvgIpc) is 3.09. The molecule has 4 aromatic carbocycles. The number of carbonyl (C=O) groups is 2. The molecule has 258 valence electrons. The summed E-state index contributed by atoms with van der Waals surface area (Å²) in [7, 11) is -4.20. The lowest BCUT2D eigenvalue weighted by molar-refractivity contribution is -0.140. The Labute approximate surface area is 300 Å².